The maximum Gasteiger partial charge on any atom is 0.276 e. The lowest BCUT2D eigenvalue weighted by molar-refractivity contribution is -0.114. The highest BCUT2D eigenvalue weighted by atomic mass is 16.2. The van der Waals surface area contributed by atoms with Crippen molar-refractivity contribution in [1.82, 2.24) is 24.3 Å². The molecule has 0 fully saturated rings. The minimum absolute atomic E-state index is 0.133. The molecule has 1 amide bonds. The third-order valence-corrected chi connectivity index (χ3v) is 6.96. The zero-order valence-electron chi connectivity index (χ0n) is 21.2. The van der Waals surface area contributed by atoms with Gasteiger partial charge in [0.15, 0.2) is 0 Å². The third kappa shape index (κ3) is 4.13. The zero-order valence-corrected chi connectivity index (χ0v) is 21.2. The molecule has 0 saturated heterocycles. The summed E-state index contributed by atoms with van der Waals surface area (Å²) in [6.45, 7) is 7.79. The Hall–Kier alpha value is -4.73. The van der Waals surface area contributed by atoms with Crippen LogP contribution in [0.15, 0.2) is 72.5 Å². The predicted octanol–water partition coefficient (Wildman–Crippen LogP) is 4.06. The average Bonchev–Trinajstić information content (AvgIpc) is 3.37. The Morgan fingerprint density at radius 2 is 1.92 bits per heavy atom. The lowest BCUT2D eigenvalue weighted by atomic mass is 10.1. The second kappa shape index (κ2) is 9.62. The highest BCUT2D eigenvalue weighted by Crippen LogP contribution is 2.39. The molecule has 0 spiro atoms. The van der Waals surface area contributed by atoms with Gasteiger partial charge in [-0.25, -0.2) is 4.98 Å². The van der Waals surface area contributed by atoms with Crippen molar-refractivity contribution in [2.75, 3.05) is 28.2 Å². The number of nitrogens with zero attached hydrogens (tertiary/aromatic N) is 7. The summed E-state index contributed by atoms with van der Waals surface area (Å²) in [4.78, 5) is 39.7. The molecule has 0 aliphatic carbocycles. The van der Waals surface area contributed by atoms with E-state index in [0.29, 0.717) is 43.3 Å². The number of hydrogen-bond donors (Lipinski definition) is 1. The van der Waals surface area contributed by atoms with Crippen LogP contribution in [0, 0.1) is 6.92 Å². The Kier molecular flexibility index (Phi) is 5.99. The first kappa shape index (κ1) is 23.7. The first-order valence-electron chi connectivity index (χ1n) is 12.7. The Morgan fingerprint density at radius 3 is 2.76 bits per heavy atom. The second-order valence-corrected chi connectivity index (χ2v) is 9.41. The second-order valence-electron chi connectivity index (χ2n) is 9.41. The van der Waals surface area contributed by atoms with Gasteiger partial charge in [0.05, 0.1) is 23.3 Å². The van der Waals surface area contributed by atoms with Gasteiger partial charge in [-0.1, -0.05) is 30.9 Å². The lowest BCUT2D eigenvalue weighted by Crippen LogP contribution is -2.44. The number of carbonyl (C=O) groups excluding carboxylic acids is 1. The van der Waals surface area contributed by atoms with Crippen molar-refractivity contribution < 1.29 is 4.79 Å². The molecule has 38 heavy (non-hydrogen) atoms. The number of para-hydroxylation sites is 1. The molecular weight excluding hydrogens is 480 g/mol. The van der Waals surface area contributed by atoms with E-state index in [-0.39, 0.29) is 11.5 Å². The van der Waals surface area contributed by atoms with Gasteiger partial charge in [-0.3, -0.25) is 18.8 Å². The summed E-state index contributed by atoms with van der Waals surface area (Å²) in [5.74, 6) is 0.248. The average molecular weight is 509 g/mol. The molecule has 6 rings (SSSR count). The van der Waals surface area contributed by atoms with E-state index in [0.717, 1.165) is 41.0 Å². The Labute approximate surface area is 219 Å². The zero-order chi connectivity index (χ0) is 26.2. The summed E-state index contributed by atoms with van der Waals surface area (Å²) in [7, 11) is 0. The van der Waals surface area contributed by atoms with Crippen LogP contribution in [0.25, 0.3) is 11.0 Å². The fourth-order valence-corrected chi connectivity index (χ4v) is 5.16. The van der Waals surface area contributed by atoms with Crippen molar-refractivity contribution in [3.05, 3.63) is 83.6 Å². The number of anilines is 5. The summed E-state index contributed by atoms with van der Waals surface area (Å²) in [5, 5.41) is 8.35. The number of amides is 1. The Balaban J connectivity index is 1.49. The van der Waals surface area contributed by atoms with Crippen LogP contribution in [0.4, 0.5) is 28.7 Å². The minimum Gasteiger partial charge on any atom is -0.333 e. The molecule has 10 nitrogen and oxygen atoms in total. The van der Waals surface area contributed by atoms with Crippen molar-refractivity contribution >= 4 is 45.6 Å². The molecule has 0 radical (unpaired) electrons. The van der Waals surface area contributed by atoms with Gasteiger partial charge in [0, 0.05) is 44.0 Å². The van der Waals surface area contributed by atoms with E-state index in [1.807, 2.05) is 47.0 Å². The van der Waals surface area contributed by atoms with Crippen molar-refractivity contribution in [1.29, 1.82) is 0 Å². The van der Waals surface area contributed by atoms with E-state index in [1.165, 1.54) is 6.08 Å². The van der Waals surface area contributed by atoms with Crippen LogP contribution in [0.5, 0.6) is 0 Å². The molecule has 1 aromatic carbocycles. The number of benzene rings is 1. The topological polar surface area (TPSA) is 101 Å². The van der Waals surface area contributed by atoms with Crippen molar-refractivity contribution in [2.24, 2.45) is 0 Å². The number of hydrogen-bond acceptors (Lipinski definition) is 7. The van der Waals surface area contributed by atoms with Gasteiger partial charge in [-0.15, -0.1) is 0 Å². The number of pyridine rings is 1. The van der Waals surface area contributed by atoms with E-state index in [9.17, 15) is 9.59 Å². The van der Waals surface area contributed by atoms with Gasteiger partial charge in [0.2, 0.25) is 5.95 Å². The number of aromatic nitrogens is 5. The van der Waals surface area contributed by atoms with Gasteiger partial charge in [0.1, 0.15) is 11.3 Å². The van der Waals surface area contributed by atoms with E-state index in [4.69, 9.17) is 4.98 Å². The van der Waals surface area contributed by atoms with Crippen molar-refractivity contribution in [3.8, 4) is 0 Å². The standard InChI is InChI=1S/C28H28N8O2/c1-3-24(37)35-14-13-34(22-10-8-9-19(2)25(22)35)23-15-20-16-29-28-31-21-17-30-33(18-21)11-6-4-5-7-12-36(27(23)38)26(20)32-28/h3-5,8-10,15-18H,1,6-7,11-14H2,2H3,(H,29,31,32)/b5-4+. The summed E-state index contributed by atoms with van der Waals surface area (Å²) in [6, 6.07) is 7.72. The highest BCUT2D eigenvalue weighted by Gasteiger charge is 2.30. The van der Waals surface area contributed by atoms with E-state index >= 15 is 0 Å². The van der Waals surface area contributed by atoms with Gasteiger partial charge in [0.25, 0.3) is 11.5 Å². The normalized spacial score (nSPS) is 16.0. The number of allylic oxidation sites excluding steroid dienone is 2. The molecule has 4 bridgehead atoms. The van der Waals surface area contributed by atoms with Gasteiger partial charge in [-0.2, -0.15) is 10.1 Å². The monoisotopic (exact) mass is 508 g/mol. The summed E-state index contributed by atoms with van der Waals surface area (Å²) >= 11 is 0. The Bertz CT molecular complexity index is 1650. The number of fused-ring (bicyclic) bond motifs is 4. The molecular formula is C28H28N8O2. The maximum atomic E-state index is 14.1. The summed E-state index contributed by atoms with van der Waals surface area (Å²) in [6.07, 6.45) is 12.5. The van der Waals surface area contributed by atoms with E-state index < -0.39 is 0 Å². The largest absolute Gasteiger partial charge is 0.333 e. The van der Waals surface area contributed by atoms with Crippen LogP contribution >= 0.6 is 0 Å². The van der Waals surface area contributed by atoms with Crippen LogP contribution in [-0.2, 0) is 17.9 Å². The van der Waals surface area contributed by atoms with Gasteiger partial charge in [-0.05, 0) is 43.5 Å². The molecule has 192 valence electrons. The van der Waals surface area contributed by atoms with Crippen molar-refractivity contribution in [2.45, 2.75) is 32.9 Å². The Morgan fingerprint density at radius 1 is 1.08 bits per heavy atom. The van der Waals surface area contributed by atoms with Crippen LogP contribution in [0.2, 0.25) is 0 Å². The van der Waals surface area contributed by atoms with E-state index in [2.05, 4.69) is 34.1 Å². The molecule has 2 aliphatic rings. The fourth-order valence-electron chi connectivity index (χ4n) is 5.16. The maximum absolute atomic E-state index is 14.1. The molecule has 0 unspecified atom stereocenters. The summed E-state index contributed by atoms with van der Waals surface area (Å²) < 4.78 is 3.61. The molecule has 3 aromatic heterocycles. The molecule has 2 aliphatic heterocycles. The molecule has 10 heteroatoms. The van der Waals surface area contributed by atoms with Crippen LogP contribution in [0.3, 0.4) is 0 Å². The van der Waals surface area contributed by atoms with Crippen LogP contribution in [-0.4, -0.2) is 43.3 Å². The number of rotatable bonds is 2. The molecule has 0 atom stereocenters. The minimum atomic E-state index is -0.157. The first-order chi connectivity index (χ1) is 18.5. The SMILES string of the molecule is C=CC(=O)N1CCN(c2cc3cnc4nc3n(c2=O)CC/C=C/CCn2cc(cn2)N4)c2cccc(C)c21. The highest BCUT2D eigenvalue weighted by molar-refractivity contribution is 6.05. The predicted molar refractivity (Wildman–Crippen MR) is 148 cm³/mol. The fraction of sp³-hybridized carbons (Fsp3) is 0.250. The molecule has 4 aromatic rings. The number of aryl methyl sites for hydroxylation is 3. The summed E-state index contributed by atoms with van der Waals surface area (Å²) in [5.41, 5.74) is 4.32. The quantitative estimate of drug-likeness (QED) is 0.322. The van der Waals surface area contributed by atoms with Crippen molar-refractivity contribution in [3.63, 3.8) is 0 Å². The van der Waals surface area contributed by atoms with E-state index in [1.54, 1.807) is 21.9 Å². The first-order valence-corrected chi connectivity index (χ1v) is 12.7. The third-order valence-electron chi connectivity index (χ3n) is 6.96. The molecule has 0 saturated carbocycles. The molecule has 5 heterocycles. The van der Waals surface area contributed by atoms with Crippen LogP contribution < -0.4 is 20.7 Å². The lowest BCUT2D eigenvalue weighted by Gasteiger charge is -2.38. The molecule has 1 N–H and O–H groups in total. The van der Waals surface area contributed by atoms with Gasteiger partial charge >= 0.3 is 0 Å². The van der Waals surface area contributed by atoms with Crippen LogP contribution in [0.1, 0.15) is 18.4 Å². The smallest absolute Gasteiger partial charge is 0.276 e. The number of nitrogens with one attached hydrogen (secondary N) is 1. The number of carbonyl (C=O) groups is 1. The van der Waals surface area contributed by atoms with Gasteiger partial charge < -0.3 is 15.1 Å².